The number of nitrogens with one attached hydrogen (secondary N) is 1. The molecule has 1 aromatic heterocycles. The average molecular weight is 415 g/mol. The predicted octanol–water partition coefficient (Wildman–Crippen LogP) is 3.27. The van der Waals surface area contributed by atoms with E-state index >= 15 is 0 Å². The SMILES string of the molecule is COc1cc(O)cc(C(=O)N2CCC3(C(=O)Nc4ccccc43)C2c2cccnc2)c1. The summed E-state index contributed by atoms with van der Waals surface area (Å²) in [7, 11) is 1.48. The number of aromatic nitrogens is 1. The molecule has 7 heteroatoms. The summed E-state index contributed by atoms with van der Waals surface area (Å²) in [5.41, 5.74) is 1.84. The first-order valence-electron chi connectivity index (χ1n) is 10.0. The second-order valence-electron chi connectivity index (χ2n) is 7.83. The zero-order valence-corrected chi connectivity index (χ0v) is 16.9. The van der Waals surface area contributed by atoms with E-state index in [2.05, 4.69) is 10.3 Å². The van der Waals surface area contributed by atoms with E-state index in [0.717, 1.165) is 16.8 Å². The third kappa shape index (κ3) is 2.84. The number of para-hydroxylation sites is 1. The van der Waals surface area contributed by atoms with Gasteiger partial charge in [0.05, 0.1) is 13.2 Å². The number of likely N-dealkylation sites (tertiary alicyclic amines) is 1. The van der Waals surface area contributed by atoms with E-state index in [0.29, 0.717) is 24.3 Å². The van der Waals surface area contributed by atoms with Crippen molar-refractivity contribution in [2.75, 3.05) is 19.0 Å². The molecule has 5 rings (SSSR count). The van der Waals surface area contributed by atoms with E-state index in [1.165, 1.54) is 19.2 Å². The first-order valence-corrected chi connectivity index (χ1v) is 10.0. The number of hydrogen-bond donors (Lipinski definition) is 2. The number of fused-ring (bicyclic) bond motifs is 2. The van der Waals surface area contributed by atoms with Crippen LogP contribution in [0.1, 0.15) is 33.9 Å². The molecule has 0 bridgehead atoms. The van der Waals surface area contributed by atoms with Gasteiger partial charge in [-0.2, -0.15) is 0 Å². The number of nitrogens with zero attached hydrogens (tertiary/aromatic N) is 2. The maximum atomic E-state index is 13.6. The van der Waals surface area contributed by atoms with Crippen LogP contribution in [0.25, 0.3) is 0 Å². The average Bonchev–Trinajstić information content (AvgIpc) is 3.32. The van der Waals surface area contributed by atoms with Gasteiger partial charge in [0.1, 0.15) is 16.9 Å². The number of aromatic hydroxyl groups is 1. The maximum Gasteiger partial charge on any atom is 0.254 e. The summed E-state index contributed by atoms with van der Waals surface area (Å²) in [6.07, 6.45) is 3.85. The number of methoxy groups -OCH3 is 1. The molecule has 1 fully saturated rings. The summed E-state index contributed by atoms with van der Waals surface area (Å²) in [6, 6.07) is 15.2. The van der Waals surface area contributed by atoms with Crippen LogP contribution in [-0.4, -0.2) is 40.5 Å². The molecule has 0 saturated carbocycles. The molecule has 2 aromatic carbocycles. The minimum absolute atomic E-state index is 0.0570. The van der Waals surface area contributed by atoms with Gasteiger partial charge in [-0.3, -0.25) is 14.6 Å². The van der Waals surface area contributed by atoms with Crippen LogP contribution in [0.2, 0.25) is 0 Å². The molecule has 2 aliphatic rings. The van der Waals surface area contributed by atoms with E-state index in [1.54, 1.807) is 29.4 Å². The van der Waals surface area contributed by atoms with Gasteiger partial charge >= 0.3 is 0 Å². The van der Waals surface area contributed by atoms with Gasteiger partial charge in [-0.1, -0.05) is 24.3 Å². The summed E-state index contributed by atoms with van der Waals surface area (Å²) in [5, 5.41) is 13.1. The summed E-state index contributed by atoms with van der Waals surface area (Å²) in [5.74, 6) is -0.0684. The monoisotopic (exact) mass is 415 g/mol. The molecular weight excluding hydrogens is 394 g/mol. The summed E-state index contributed by atoms with van der Waals surface area (Å²) < 4.78 is 5.21. The van der Waals surface area contributed by atoms with Crippen molar-refractivity contribution in [3.05, 3.63) is 83.7 Å². The molecule has 0 aliphatic carbocycles. The largest absolute Gasteiger partial charge is 0.508 e. The second kappa shape index (κ2) is 7.12. The molecule has 1 saturated heterocycles. The first kappa shape index (κ1) is 19.1. The lowest BCUT2D eigenvalue weighted by atomic mass is 9.73. The Labute approximate surface area is 179 Å². The first-order chi connectivity index (χ1) is 15.0. The minimum Gasteiger partial charge on any atom is -0.508 e. The van der Waals surface area contributed by atoms with E-state index in [4.69, 9.17) is 4.74 Å². The number of pyridine rings is 1. The topological polar surface area (TPSA) is 91.8 Å². The van der Waals surface area contributed by atoms with Crippen molar-refractivity contribution in [3.63, 3.8) is 0 Å². The zero-order chi connectivity index (χ0) is 21.6. The molecule has 2 amide bonds. The Kier molecular flexibility index (Phi) is 4.39. The third-order valence-electron chi connectivity index (χ3n) is 6.22. The second-order valence-corrected chi connectivity index (χ2v) is 7.83. The van der Waals surface area contributed by atoms with Crippen molar-refractivity contribution in [3.8, 4) is 11.5 Å². The van der Waals surface area contributed by atoms with Gasteiger partial charge in [-0.05, 0) is 41.8 Å². The summed E-state index contributed by atoms with van der Waals surface area (Å²) >= 11 is 0. The molecular formula is C24H21N3O4. The molecule has 2 N–H and O–H groups in total. The van der Waals surface area contributed by atoms with E-state index in [-0.39, 0.29) is 17.6 Å². The third-order valence-corrected chi connectivity index (χ3v) is 6.22. The van der Waals surface area contributed by atoms with Crippen LogP contribution in [0.15, 0.2) is 67.0 Å². The van der Waals surface area contributed by atoms with Crippen LogP contribution in [0.3, 0.4) is 0 Å². The van der Waals surface area contributed by atoms with Gasteiger partial charge in [0, 0.05) is 36.3 Å². The van der Waals surface area contributed by atoms with Crippen LogP contribution in [0, 0.1) is 0 Å². The Morgan fingerprint density at radius 3 is 2.84 bits per heavy atom. The zero-order valence-electron chi connectivity index (χ0n) is 16.9. The predicted molar refractivity (Wildman–Crippen MR) is 114 cm³/mol. The smallest absolute Gasteiger partial charge is 0.254 e. The number of carbonyl (C=O) groups is 2. The highest BCUT2D eigenvalue weighted by atomic mass is 16.5. The highest BCUT2D eigenvalue weighted by Gasteiger charge is 2.59. The Bertz CT molecular complexity index is 1180. The number of benzene rings is 2. The number of phenols is 1. The lowest BCUT2D eigenvalue weighted by molar-refractivity contribution is -0.121. The molecule has 156 valence electrons. The quantitative estimate of drug-likeness (QED) is 0.685. The van der Waals surface area contributed by atoms with Gasteiger partial charge in [-0.25, -0.2) is 0 Å². The molecule has 1 spiro atoms. The fourth-order valence-corrected chi connectivity index (χ4v) is 4.90. The fraction of sp³-hybridized carbons (Fsp3) is 0.208. The lowest BCUT2D eigenvalue weighted by Crippen LogP contribution is -2.42. The van der Waals surface area contributed by atoms with Crippen molar-refractivity contribution in [1.82, 2.24) is 9.88 Å². The minimum atomic E-state index is -0.907. The Morgan fingerprint density at radius 1 is 1.23 bits per heavy atom. The molecule has 31 heavy (non-hydrogen) atoms. The molecule has 7 nitrogen and oxygen atoms in total. The van der Waals surface area contributed by atoms with Gasteiger partial charge in [0.2, 0.25) is 5.91 Å². The Hall–Kier alpha value is -3.87. The van der Waals surface area contributed by atoms with Crippen LogP contribution in [-0.2, 0) is 10.2 Å². The number of anilines is 1. The van der Waals surface area contributed by atoms with Crippen LogP contribution >= 0.6 is 0 Å². The number of phenolic OH excluding ortho intramolecular Hbond substituents is 1. The number of ether oxygens (including phenoxy) is 1. The normalized spacial score (nSPS) is 21.8. The maximum absolute atomic E-state index is 13.6. The standard InChI is InChI=1S/C24H21N3O4/c1-31-18-12-16(11-17(28)13-18)22(29)27-10-8-24(21(27)15-5-4-9-25-14-15)19-6-2-3-7-20(19)26-23(24)30/h2-7,9,11-14,21,28H,8,10H2,1H3,(H,26,30). The van der Waals surface area contributed by atoms with Gasteiger partial charge < -0.3 is 20.1 Å². The van der Waals surface area contributed by atoms with Gasteiger partial charge in [0.25, 0.3) is 5.91 Å². The van der Waals surface area contributed by atoms with Crippen molar-refractivity contribution >= 4 is 17.5 Å². The van der Waals surface area contributed by atoms with Crippen molar-refractivity contribution in [2.24, 2.45) is 0 Å². The number of rotatable bonds is 3. The lowest BCUT2D eigenvalue weighted by Gasteiger charge is -2.34. The number of hydrogen-bond acceptors (Lipinski definition) is 5. The van der Waals surface area contributed by atoms with Gasteiger partial charge in [-0.15, -0.1) is 0 Å². The number of carbonyl (C=O) groups excluding carboxylic acids is 2. The molecule has 3 heterocycles. The molecule has 3 aromatic rings. The summed E-state index contributed by atoms with van der Waals surface area (Å²) in [6.45, 7) is 0.387. The van der Waals surface area contributed by atoms with E-state index < -0.39 is 11.5 Å². The molecule has 2 unspecified atom stereocenters. The Balaban J connectivity index is 1.65. The Morgan fingerprint density at radius 2 is 2.06 bits per heavy atom. The van der Waals surface area contributed by atoms with Crippen LogP contribution in [0.5, 0.6) is 11.5 Å². The molecule has 0 radical (unpaired) electrons. The van der Waals surface area contributed by atoms with Crippen molar-refractivity contribution in [2.45, 2.75) is 17.9 Å². The van der Waals surface area contributed by atoms with Crippen molar-refractivity contribution < 1.29 is 19.4 Å². The molecule has 2 aliphatic heterocycles. The summed E-state index contributed by atoms with van der Waals surface area (Å²) in [4.78, 5) is 32.9. The number of amides is 2. The van der Waals surface area contributed by atoms with Gasteiger partial charge in [0.15, 0.2) is 0 Å². The highest BCUT2D eigenvalue weighted by Crippen LogP contribution is 2.54. The van der Waals surface area contributed by atoms with Crippen LogP contribution < -0.4 is 10.1 Å². The fourth-order valence-electron chi connectivity index (χ4n) is 4.90. The highest BCUT2D eigenvalue weighted by molar-refractivity contribution is 6.08. The van der Waals surface area contributed by atoms with Crippen LogP contribution in [0.4, 0.5) is 5.69 Å². The van der Waals surface area contributed by atoms with E-state index in [9.17, 15) is 14.7 Å². The van der Waals surface area contributed by atoms with E-state index in [1.807, 2.05) is 30.3 Å². The van der Waals surface area contributed by atoms with Crippen molar-refractivity contribution in [1.29, 1.82) is 0 Å². The molecule has 2 atom stereocenters.